The minimum absolute atomic E-state index is 0.190. The van der Waals surface area contributed by atoms with E-state index in [1.807, 2.05) is 0 Å². The third-order valence-corrected chi connectivity index (χ3v) is 3.21. The van der Waals surface area contributed by atoms with Gasteiger partial charge in [0, 0.05) is 17.2 Å². The van der Waals surface area contributed by atoms with E-state index in [9.17, 15) is 5.11 Å². The Hall–Kier alpha value is 0.140. The van der Waals surface area contributed by atoms with Crippen molar-refractivity contribution in [2.45, 2.75) is 30.1 Å². The minimum atomic E-state index is -0.548. The van der Waals surface area contributed by atoms with Crippen LogP contribution in [0, 0.1) is 5.92 Å². The molecule has 1 fully saturated rings. The summed E-state index contributed by atoms with van der Waals surface area (Å²) in [6.45, 7) is 0. The Kier molecular flexibility index (Phi) is 2.04. The van der Waals surface area contributed by atoms with Crippen molar-refractivity contribution in [3.63, 3.8) is 0 Å². The third-order valence-electron chi connectivity index (χ3n) is 2.31. The molecule has 0 spiro atoms. The van der Waals surface area contributed by atoms with E-state index in [0.29, 0.717) is 10.7 Å². The maximum absolute atomic E-state index is 9.20. The minimum Gasteiger partial charge on any atom is -0.368 e. The van der Waals surface area contributed by atoms with E-state index < -0.39 is 6.29 Å². The van der Waals surface area contributed by atoms with Gasteiger partial charge < -0.3 is 9.84 Å². The summed E-state index contributed by atoms with van der Waals surface area (Å²) in [5, 5.41) is 9.20. The Labute approximate surface area is 74.4 Å². The third kappa shape index (κ3) is 1.37. The van der Waals surface area contributed by atoms with Crippen LogP contribution in [0.5, 0.6) is 0 Å². The van der Waals surface area contributed by atoms with Crippen LogP contribution >= 0.6 is 15.9 Å². The number of alkyl halides is 1. The second-order valence-electron chi connectivity index (χ2n) is 3.13. The van der Waals surface area contributed by atoms with Gasteiger partial charge >= 0.3 is 0 Å². The normalized spacial score (nSPS) is 49.3. The highest BCUT2D eigenvalue weighted by atomic mass is 79.9. The first-order valence-electron chi connectivity index (χ1n) is 3.91. The summed E-state index contributed by atoms with van der Waals surface area (Å²) in [6, 6.07) is 0. The molecule has 0 bridgehead atoms. The lowest BCUT2D eigenvalue weighted by molar-refractivity contribution is -0.0909. The molecule has 1 saturated heterocycles. The average molecular weight is 219 g/mol. The van der Waals surface area contributed by atoms with Crippen molar-refractivity contribution in [2.24, 2.45) is 5.92 Å². The molecule has 0 aromatic heterocycles. The van der Waals surface area contributed by atoms with Gasteiger partial charge in [0.25, 0.3) is 0 Å². The first kappa shape index (κ1) is 7.77. The zero-order valence-electron chi connectivity index (χ0n) is 6.11. The van der Waals surface area contributed by atoms with E-state index >= 15 is 0 Å². The molecule has 3 heteroatoms. The number of aliphatic hydroxyl groups is 1. The van der Waals surface area contributed by atoms with Crippen LogP contribution in [0.3, 0.4) is 0 Å². The molecule has 4 atom stereocenters. The van der Waals surface area contributed by atoms with Crippen molar-refractivity contribution in [2.75, 3.05) is 0 Å². The van der Waals surface area contributed by atoms with Crippen LogP contribution < -0.4 is 0 Å². The largest absolute Gasteiger partial charge is 0.368 e. The van der Waals surface area contributed by atoms with Gasteiger partial charge in [-0.3, -0.25) is 0 Å². The Balaban J connectivity index is 2.13. The Bertz CT molecular complexity index is 181. The van der Waals surface area contributed by atoms with Crippen LogP contribution in [0.2, 0.25) is 0 Å². The standard InChI is InChI=1S/C8H11BrO2/c9-6-3-1-2-5-4-7(10)11-8(5)6/h1-2,5-8,10H,3-4H2/t5-,6+,7?,8+/m0/s1. The van der Waals surface area contributed by atoms with Gasteiger partial charge in [-0.1, -0.05) is 28.1 Å². The van der Waals surface area contributed by atoms with Crippen molar-refractivity contribution >= 4 is 15.9 Å². The second-order valence-corrected chi connectivity index (χ2v) is 4.31. The molecule has 1 heterocycles. The summed E-state index contributed by atoms with van der Waals surface area (Å²) in [5.74, 6) is 0.420. The Morgan fingerprint density at radius 1 is 1.55 bits per heavy atom. The predicted molar refractivity (Wildman–Crippen MR) is 45.5 cm³/mol. The molecule has 0 aromatic rings. The second kappa shape index (κ2) is 2.88. The summed E-state index contributed by atoms with van der Waals surface area (Å²) in [7, 11) is 0. The fourth-order valence-electron chi connectivity index (χ4n) is 1.76. The summed E-state index contributed by atoms with van der Waals surface area (Å²) in [6.07, 6.45) is 5.71. The van der Waals surface area contributed by atoms with Crippen molar-refractivity contribution in [1.29, 1.82) is 0 Å². The highest BCUT2D eigenvalue weighted by molar-refractivity contribution is 9.09. The first-order valence-corrected chi connectivity index (χ1v) is 4.83. The SMILES string of the molecule is OC1C[C@@H]2C=CC[C@@H](Br)[C@@H]2O1. The number of hydrogen-bond donors (Lipinski definition) is 1. The van der Waals surface area contributed by atoms with Crippen LogP contribution in [0.1, 0.15) is 12.8 Å². The summed E-state index contributed by atoms with van der Waals surface area (Å²) in [5.41, 5.74) is 0. The van der Waals surface area contributed by atoms with Crippen molar-refractivity contribution in [1.82, 2.24) is 0 Å². The first-order chi connectivity index (χ1) is 5.27. The van der Waals surface area contributed by atoms with Gasteiger partial charge in [-0.2, -0.15) is 0 Å². The number of allylic oxidation sites excluding steroid dienone is 1. The van der Waals surface area contributed by atoms with Crippen molar-refractivity contribution < 1.29 is 9.84 Å². The molecule has 0 amide bonds. The fraction of sp³-hybridized carbons (Fsp3) is 0.750. The summed E-state index contributed by atoms with van der Waals surface area (Å²) >= 11 is 3.54. The number of rotatable bonds is 0. The zero-order valence-corrected chi connectivity index (χ0v) is 7.70. The molecule has 0 aromatic carbocycles. The maximum Gasteiger partial charge on any atom is 0.155 e. The molecule has 0 saturated carbocycles. The van der Waals surface area contributed by atoms with Gasteiger partial charge in [-0.05, 0) is 6.42 Å². The smallest absolute Gasteiger partial charge is 0.155 e. The van der Waals surface area contributed by atoms with Gasteiger partial charge in [-0.15, -0.1) is 0 Å². The quantitative estimate of drug-likeness (QED) is 0.493. The lowest BCUT2D eigenvalue weighted by Gasteiger charge is -2.23. The van der Waals surface area contributed by atoms with Gasteiger partial charge in [0.15, 0.2) is 6.29 Å². The molecule has 2 aliphatic rings. The molecular weight excluding hydrogens is 208 g/mol. The number of aliphatic hydroxyl groups excluding tert-OH is 1. The van der Waals surface area contributed by atoms with Gasteiger partial charge in [0.05, 0.1) is 6.10 Å². The van der Waals surface area contributed by atoms with E-state index in [2.05, 4.69) is 28.1 Å². The lowest BCUT2D eigenvalue weighted by atomic mass is 9.92. The zero-order chi connectivity index (χ0) is 7.84. The van der Waals surface area contributed by atoms with Gasteiger partial charge in [0.2, 0.25) is 0 Å². The number of halogens is 1. The molecule has 1 aliphatic carbocycles. The molecule has 11 heavy (non-hydrogen) atoms. The highest BCUT2D eigenvalue weighted by Gasteiger charge is 2.38. The Morgan fingerprint density at radius 3 is 3.09 bits per heavy atom. The van der Waals surface area contributed by atoms with E-state index in [-0.39, 0.29) is 6.10 Å². The fourth-order valence-corrected chi connectivity index (χ4v) is 2.50. The highest BCUT2D eigenvalue weighted by Crippen LogP contribution is 2.35. The summed E-state index contributed by atoms with van der Waals surface area (Å²) in [4.78, 5) is 0.384. The van der Waals surface area contributed by atoms with Crippen LogP contribution in [0.25, 0.3) is 0 Å². The van der Waals surface area contributed by atoms with Crippen LogP contribution in [0.4, 0.5) is 0 Å². The lowest BCUT2D eigenvalue weighted by Crippen LogP contribution is -2.28. The van der Waals surface area contributed by atoms with Crippen LogP contribution in [-0.4, -0.2) is 22.3 Å². The molecule has 2 rings (SSSR count). The number of ether oxygens (including phenoxy) is 1. The van der Waals surface area contributed by atoms with Gasteiger partial charge in [0.1, 0.15) is 0 Å². The van der Waals surface area contributed by atoms with Crippen LogP contribution in [-0.2, 0) is 4.74 Å². The maximum atomic E-state index is 9.20. The van der Waals surface area contributed by atoms with E-state index in [0.717, 1.165) is 12.8 Å². The van der Waals surface area contributed by atoms with Crippen molar-refractivity contribution in [3.8, 4) is 0 Å². The van der Waals surface area contributed by atoms with Gasteiger partial charge in [-0.25, -0.2) is 0 Å². The molecular formula is C8H11BrO2. The average Bonchev–Trinajstić information content (AvgIpc) is 2.31. The molecule has 1 aliphatic heterocycles. The van der Waals surface area contributed by atoms with E-state index in [1.54, 1.807) is 0 Å². The molecule has 2 nitrogen and oxygen atoms in total. The Morgan fingerprint density at radius 2 is 2.36 bits per heavy atom. The monoisotopic (exact) mass is 218 g/mol. The number of fused-ring (bicyclic) bond motifs is 1. The van der Waals surface area contributed by atoms with Crippen LogP contribution in [0.15, 0.2) is 12.2 Å². The van der Waals surface area contributed by atoms with E-state index in [4.69, 9.17) is 4.74 Å². The summed E-state index contributed by atoms with van der Waals surface area (Å²) < 4.78 is 5.33. The molecule has 0 radical (unpaired) electrons. The van der Waals surface area contributed by atoms with E-state index in [1.165, 1.54) is 0 Å². The van der Waals surface area contributed by atoms with Crippen molar-refractivity contribution in [3.05, 3.63) is 12.2 Å². The topological polar surface area (TPSA) is 29.5 Å². The number of hydrogen-bond acceptors (Lipinski definition) is 2. The molecule has 62 valence electrons. The predicted octanol–water partition coefficient (Wildman–Crippen LogP) is 1.43. The molecule has 1 unspecified atom stereocenters. The molecule has 1 N–H and O–H groups in total.